The minimum atomic E-state index is -3.75. The predicted octanol–water partition coefficient (Wildman–Crippen LogP) is 2.23. The summed E-state index contributed by atoms with van der Waals surface area (Å²) >= 11 is 4.63. The Balaban J connectivity index is 2.29. The number of nitrogens with two attached hydrogens (primary N) is 1. The van der Waals surface area contributed by atoms with Gasteiger partial charge in [-0.05, 0) is 35.8 Å². The highest BCUT2D eigenvalue weighted by atomic mass is 79.9. The van der Waals surface area contributed by atoms with Crippen molar-refractivity contribution in [2.24, 2.45) is 0 Å². The summed E-state index contributed by atoms with van der Waals surface area (Å²) in [6.07, 6.45) is 3.15. The summed E-state index contributed by atoms with van der Waals surface area (Å²) in [6.45, 7) is 3.65. The Hall–Kier alpha value is -1.03. The van der Waals surface area contributed by atoms with Crippen LogP contribution in [0.3, 0.4) is 0 Å². The molecule has 0 radical (unpaired) electrons. The fourth-order valence-electron chi connectivity index (χ4n) is 1.57. The topological polar surface area (TPSA) is 98.0 Å². The number of aryl methyl sites for hydroxylation is 1. The predicted molar refractivity (Wildman–Crippen MR) is 81.9 cm³/mol. The van der Waals surface area contributed by atoms with E-state index in [0.29, 0.717) is 9.48 Å². The highest BCUT2D eigenvalue weighted by Gasteiger charge is 2.23. The zero-order valence-corrected chi connectivity index (χ0v) is 14.0. The third kappa shape index (κ3) is 3.35. The molecule has 0 bridgehead atoms. The van der Waals surface area contributed by atoms with Crippen LogP contribution < -0.4 is 10.5 Å². The van der Waals surface area contributed by atoms with Gasteiger partial charge in [0, 0.05) is 21.7 Å². The van der Waals surface area contributed by atoms with Crippen LogP contribution in [-0.4, -0.2) is 18.4 Å². The number of rotatable bonds is 4. The second-order valence-corrected chi connectivity index (χ2v) is 8.05. The van der Waals surface area contributed by atoms with Crippen molar-refractivity contribution in [2.75, 3.05) is 5.73 Å². The summed E-state index contributed by atoms with van der Waals surface area (Å²) in [6, 6.07) is 0.988. The van der Waals surface area contributed by atoms with Gasteiger partial charge < -0.3 is 5.73 Å². The Morgan fingerprint density at radius 2 is 2.10 bits per heavy atom. The van der Waals surface area contributed by atoms with Crippen molar-refractivity contribution in [1.82, 2.24) is 14.7 Å². The van der Waals surface area contributed by atoms with Gasteiger partial charge in [0.25, 0.3) is 0 Å². The number of nitrogen functional groups attached to an aromatic ring is 1. The van der Waals surface area contributed by atoms with Gasteiger partial charge in [0.1, 0.15) is 15.7 Å². The molecule has 0 spiro atoms. The molecule has 0 aliphatic carbocycles. The van der Waals surface area contributed by atoms with E-state index >= 15 is 0 Å². The first-order valence-corrected chi connectivity index (χ1v) is 8.74. The first-order chi connectivity index (χ1) is 9.29. The van der Waals surface area contributed by atoms with Crippen molar-refractivity contribution in [1.29, 1.82) is 0 Å². The van der Waals surface area contributed by atoms with Gasteiger partial charge in [-0.1, -0.05) is 0 Å². The molecule has 2 aromatic heterocycles. The number of sulfonamides is 1. The molecule has 0 saturated heterocycles. The second kappa shape index (κ2) is 5.76. The lowest BCUT2D eigenvalue weighted by molar-refractivity contribution is 0.566. The van der Waals surface area contributed by atoms with Gasteiger partial charge in [-0.15, -0.1) is 11.3 Å². The van der Waals surface area contributed by atoms with Crippen LogP contribution in [0, 0.1) is 6.92 Å². The molecular formula is C11H13BrN4O2S2. The Morgan fingerprint density at radius 3 is 2.70 bits per heavy atom. The number of aromatic nitrogens is 2. The van der Waals surface area contributed by atoms with Crippen molar-refractivity contribution < 1.29 is 8.42 Å². The van der Waals surface area contributed by atoms with Crippen LogP contribution in [0.25, 0.3) is 0 Å². The van der Waals surface area contributed by atoms with E-state index in [1.54, 1.807) is 13.1 Å². The van der Waals surface area contributed by atoms with Gasteiger partial charge in [-0.25, -0.2) is 23.1 Å². The minimum absolute atomic E-state index is 0.0387. The summed E-state index contributed by atoms with van der Waals surface area (Å²) in [5.74, 6) is -0.0387. The second-order valence-electron chi connectivity index (χ2n) is 4.19. The Morgan fingerprint density at radius 1 is 1.40 bits per heavy atom. The molecule has 2 rings (SSSR count). The van der Waals surface area contributed by atoms with E-state index in [-0.39, 0.29) is 10.7 Å². The molecule has 3 N–H and O–H groups in total. The number of hydrogen-bond acceptors (Lipinski definition) is 6. The van der Waals surface area contributed by atoms with Crippen molar-refractivity contribution in [3.8, 4) is 0 Å². The number of thiazole rings is 1. The largest absolute Gasteiger partial charge is 0.383 e. The van der Waals surface area contributed by atoms with Crippen LogP contribution in [0.15, 0.2) is 27.8 Å². The van der Waals surface area contributed by atoms with Gasteiger partial charge in [-0.2, -0.15) is 0 Å². The first kappa shape index (κ1) is 15.4. The maximum atomic E-state index is 12.3. The van der Waals surface area contributed by atoms with Crippen molar-refractivity contribution >= 4 is 43.1 Å². The van der Waals surface area contributed by atoms with Gasteiger partial charge in [0.15, 0.2) is 0 Å². The number of pyridine rings is 1. The molecule has 9 heteroatoms. The molecular weight excluding hydrogens is 364 g/mol. The van der Waals surface area contributed by atoms with Gasteiger partial charge in [-0.3, -0.25) is 0 Å². The van der Waals surface area contributed by atoms with Gasteiger partial charge >= 0.3 is 0 Å². The molecule has 1 unspecified atom stereocenters. The van der Waals surface area contributed by atoms with Crippen LogP contribution in [0.2, 0.25) is 0 Å². The van der Waals surface area contributed by atoms with E-state index < -0.39 is 16.1 Å². The van der Waals surface area contributed by atoms with Gasteiger partial charge in [0.2, 0.25) is 10.0 Å². The molecule has 20 heavy (non-hydrogen) atoms. The first-order valence-electron chi connectivity index (χ1n) is 5.65. The molecule has 0 amide bonds. The van der Waals surface area contributed by atoms with Crippen molar-refractivity contribution in [2.45, 2.75) is 24.8 Å². The molecule has 2 aromatic rings. The third-order valence-electron chi connectivity index (χ3n) is 2.48. The molecule has 0 aliphatic heterocycles. The highest BCUT2D eigenvalue weighted by Crippen LogP contribution is 2.24. The molecule has 1 atom stereocenters. The van der Waals surface area contributed by atoms with E-state index in [1.807, 2.05) is 6.92 Å². The van der Waals surface area contributed by atoms with Crippen LogP contribution >= 0.6 is 27.3 Å². The van der Waals surface area contributed by atoms with Gasteiger partial charge in [0.05, 0.1) is 6.04 Å². The fourth-order valence-corrected chi connectivity index (χ4v) is 4.21. The monoisotopic (exact) mass is 376 g/mol. The zero-order valence-electron chi connectivity index (χ0n) is 10.8. The van der Waals surface area contributed by atoms with E-state index in [9.17, 15) is 8.42 Å². The summed E-state index contributed by atoms with van der Waals surface area (Å²) < 4.78 is 27.7. The molecule has 108 valence electrons. The number of anilines is 1. The molecule has 0 aliphatic rings. The molecule has 0 aromatic carbocycles. The van der Waals surface area contributed by atoms with Crippen molar-refractivity contribution in [3.63, 3.8) is 0 Å². The van der Waals surface area contributed by atoms with Crippen LogP contribution in [-0.2, 0) is 10.0 Å². The normalized spacial score (nSPS) is 13.3. The lowest BCUT2D eigenvalue weighted by Gasteiger charge is -2.13. The maximum Gasteiger partial charge on any atom is 0.244 e. The Labute approximate surface area is 129 Å². The number of halogens is 1. The van der Waals surface area contributed by atoms with Crippen molar-refractivity contribution in [3.05, 3.63) is 32.8 Å². The Bertz CT molecular complexity index is 730. The number of nitrogens with zero attached hydrogens (tertiary/aromatic N) is 2. The summed E-state index contributed by atoms with van der Waals surface area (Å²) in [4.78, 5) is 8.97. The lowest BCUT2D eigenvalue weighted by Crippen LogP contribution is -2.27. The SMILES string of the molecule is Cc1cnc(C(C)NS(=O)(=O)c2cc(Br)cnc2N)s1. The average Bonchev–Trinajstić information content (AvgIpc) is 2.78. The number of hydrogen-bond donors (Lipinski definition) is 2. The van der Waals surface area contributed by atoms with E-state index in [4.69, 9.17) is 5.73 Å². The zero-order chi connectivity index (χ0) is 14.9. The standard InChI is InChI=1S/C11H13BrN4O2S2/c1-6-4-15-11(19-6)7(2)16-20(17,18)9-3-8(12)5-14-10(9)13/h3-5,7,16H,1-2H3,(H2,13,14). The lowest BCUT2D eigenvalue weighted by atomic mass is 10.4. The average molecular weight is 377 g/mol. The third-order valence-corrected chi connectivity index (χ3v) is 5.58. The number of nitrogens with one attached hydrogen (secondary N) is 1. The summed E-state index contributed by atoms with van der Waals surface area (Å²) in [7, 11) is -3.75. The summed E-state index contributed by atoms with van der Waals surface area (Å²) in [5, 5.41) is 0.701. The minimum Gasteiger partial charge on any atom is -0.383 e. The molecule has 6 nitrogen and oxygen atoms in total. The quantitative estimate of drug-likeness (QED) is 0.852. The smallest absolute Gasteiger partial charge is 0.244 e. The Kier molecular flexibility index (Phi) is 4.43. The van der Waals surface area contributed by atoms with E-state index in [1.165, 1.54) is 23.6 Å². The summed E-state index contributed by atoms with van der Waals surface area (Å²) in [5.41, 5.74) is 5.63. The van der Waals surface area contributed by atoms with Crippen LogP contribution in [0.1, 0.15) is 22.9 Å². The maximum absolute atomic E-state index is 12.3. The van der Waals surface area contributed by atoms with Crippen LogP contribution in [0.4, 0.5) is 5.82 Å². The molecule has 0 fully saturated rings. The molecule has 2 heterocycles. The molecule has 0 saturated carbocycles. The van der Waals surface area contributed by atoms with E-state index in [2.05, 4.69) is 30.6 Å². The highest BCUT2D eigenvalue weighted by molar-refractivity contribution is 9.10. The van der Waals surface area contributed by atoms with Crippen LogP contribution in [0.5, 0.6) is 0 Å². The van der Waals surface area contributed by atoms with E-state index in [0.717, 1.165) is 4.88 Å². The fraction of sp³-hybridized carbons (Fsp3) is 0.273.